The first-order chi connectivity index (χ1) is 9.50. The quantitative estimate of drug-likeness (QED) is 0.818. The van der Waals surface area contributed by atoms with Gasteiger partial charge in [-0.3, -0.25) is 0 Å². The van der Waals surface area contributed by atoms with E-state index >= 15 is 0 Å². The van der Waals surface area contributed by atoms with Crippen molar-refractivity contribution < 1.29 is 23.2 Å². The molecule has 0 aliphatic rings. The second-order valence-electron chi connectivity index (χ2n) is 5.87. The maximum absolute atomic E-state index is 14.2. The highest BCUT2D eigenvalue weighted by Gasteiger charge is 2.48. The lowest BCUT2D eigenvalue weighted by Crippen LogP contribution is -2.56. The molecule has 0 heterocycles. The van der Waals surface area contributed by atoms with Crippen molar-refractivity contribution in [2.24, 2.45) is 0 Å². The van der Waals surface area contributed by atoms with Crippen LogP contribution < -0.4 is 4.72 Å². The molecule has 2 N–H and O–H groups in total. The zero-order valence-corrected chi connectivity index (χ0v) is 13.1. The van der Waals surface area contributed by atoms with Gasteiger partial charge in [0.1, 0.15) is 16.1 Å². The zero-order valence-electron chi connectivity index (χ0n) is 12.3. The Labute approximate surface area is 125 Å². The van der Waals surface area contributed by atoms with E-state index in [1.807, 2.05) is 0 Å². The van der Waals surface area contributed by atoms with Crippen LogP contribution in [0, 0.1) is 5.82 Å². The molecule has 0 saturated heterocycles. The molecule has 0 saturated carbocycles. The number of carboxylic acids is 1. The molecule has 0 fully saturated rings. The zero-order chi connectivity index (χ0) is 16.4. The first-order valence-corrected chi connectivity index (χ1v) is 7.46. The number of aliphatic carboxylic acids is 1. The molecular weight excluding hydrogens is 300 g/mol. The fourth-order valence-electron chi connectivity index (χ4n) is 1.72. The topological polar surface area (TPSA) is 72.4 Å². The van der Waals surface area contributed by atoms with Crippen LogP contribution in [0.15, 0.2) is 24.3 Å². The highest BCUT2D eigenvalue weighted by atomic mass is 32.2. The van der Waals surface area contributed by atoms with E-state index in [2.05, 4.69) is 4.72 Å². The van der Waals surface area contributed by atoms with Crippen molar-refractivity contribution >= 4 is 17.3 Å². The summed E-state index contributed by atoms with van der Waals surface area (Å²) in [5, 5.41) is 8.95. The number of carbonyl (C=O) groups is 1. The van der Waals surface area contributed by atoms with Crippen molar-refractivity contribution in [1.82, 2.24) is 4.72 Å². The predicted molar refractivity (Wildman–Crippen MR) is 77.3 cm³/mol. The van der Waals surface area contributed by atoms with Gasteiger partial charge < -0.3 is 9.66 Å². The Morgan fingerprint density at radius 3 is 2.29 bits per heavy atom. The minimum absolute atomic E-state index is 0.183. The summed E-state index contributed by atoms with van der Waals surface area (Å²) < 4.78 is 42.1. The van der Waals surface area contributed by atoms with Gasteiger partial charge in [0.05, 0.1) is 0 Å². The van der Waals surface area contributed by atoms with Crippen LogP contribution in [0.25, 0.3) is 0 Å². The normalized spacial score (nSPS) is 17.9. The smallest absolute Gasteiger partial charge is 0.340 e. The Morgan fingerprint density at radius 1 is 1.33 bits per heavy atom. The average molecular weight is 319 g/mol. The van der Waals surface area contributed by atoms with Crippen LogP contribution >= 0.6 is 0 Å². The Bertz CT molecular complexity index is 521. The van der Waals surface area contributed by atoms with Crippen molar-refractivity contribution in [2.75, 3.05) is 0 Å². The second kappa shape index (κ2) is 6.29. The predicted octanol–water partition coefficient (Wildman–Crippen LogP) is 2.52. The van der Waals surface area contributed by atoms with Crippen LogP contribution in [0.2, 0.25) is 0 Å². The SMILES string of the molecule is CC(C)(C)[S+]([O-])N[C@](C)(c1ccccc1F)[C@@H](F)C(=O)O. The Morgan fingerprint density at radius 2 is 1.86 bits per heavy atom. The van der Waals surface area contributed by atoms with Crippen molar-refractivity contribution in [2.45, 2.75) is 44.2 Å². The van der Waals surface area contributed by atoms with Gasteiger partial charge in [-0.2, -0.15) is 0 Å². The van der Waals surface area contributed by atoms with E-state index in [1.165, 1.54) is 25.1 Å². The maximum atomic E-state index is 14.2. The monoisotopic (exact) mass is 319 g/mol. The summed E-state index contributed by atoms with van der Waals surface area (Å²) in [7, 11) is 0. The summed E-state index contributed by atoms with van der Waals surface area (Å²) in [4.78, 5) is 11.0. The van der Waals surface area contributed by atoms with Crippen molar-refractivity contribution in [3.8, 4) is 0 Å². The first-order valence-electron chi connectivity index (χ1n) is 6.31. The molecule has 7 heteroatoms. The number of alkyl halides is 1. The van der Waals surface area contributed by atoms with Gasteiger partial charge in [-0.15, -0.1) is 4.72 Å². The third-order valence-corrected chi connectivity index (χ3v) is 4.74. The maximum Gasteiger partial charge on any atom is 0.340 e. The summed E-state index contributed by atoms with van der Waals surface area (Å²) in [6.45, 7) is 6.12. The first kappa shape index (κ1) is 17.9. The van der Waals surface area contributed by atoms with E-state index in [-0.39, 0.29) is 5.56 Å². The summed E-state index contributed by atoms with van der Waals surface area (Å²) in [6.07, 6.45) is -2.46. The van der Waals surface area contributed by atoms with E-state index < -0.39 is 39.6 Å². The van der Waals surface area contributed by atoms with Crippen LogP contribution in [0.3, 0.4) is 0 Å². The molecule has 0 amide bonds. The molecule has 1 rings (SSSR count). The van der Waals surface area contributed by atoms with Crippen LogP contribution in [0.4, 0.5) is 8.78 Å². The van der Waals surface area contributed by atoms with E-state index in [9.17, 15) is 18.1 Å². The largest absolute Gasteiger partial charge is 0.598 e. The number of carboxylic acid groups (broad SMARTS) is 1. The molecule has 118 valence electrons. The van der Waals surface area contributed by atoms with Crippen molar-refractivity contribution in [1.29, 1.82) is 0 Å². The molecule has 0 aliphatic carbocycles. The molecular formula is C14H19F2NO3S. The van der Waals surface area contributed by atoms with Crippen LogP contribution in [-0.2, 0) is 21.7 Å². The molecule has 0 aromatic heterocycles. The summed E-state index contributed by atoms with van der Waals surface area (Å²) in [5.41, 5.74) is -2.13. The highest BCUT2D eigenvalue weighted by molar-refractivity contribution is 7.90. The summed E-state index contributed by atoms with van der Waals surface area (Å²) >= 11 is -1.77. The lowest BCUT2D eigenvalue weighted by Gasteiger charge is -2.35. The van der Waals surface area contributed by atoms with Gasteiger partial charge in [0, 0.05) is 16.9 Å². The minimum Gasteiger partial charge on any atom is -0.598 e. The average Bonchev–Trinajstić information content (AvgIpc) is 2.36. The van der Waals surface area contributed by atoms with Crippen molar-refractivity contribution in [3.63, 3.8) is 0 Å². The van der Waals surface area contributed by atoms with Gasteiger partial charge in [-0.25, -0.2) is 13.6 Å². The van der Waals surface area contributed by atoms with E-state index in [0.29, 0.717) is 0 Å². The molecule has 0 radical (unpaired) electrons. The number of nitrogens with one attached hydrogen (secondary N) is 1. The number of halogens is 2. The lowest BCUT2D eigenvalue weighted by molar-refractivity contribution is -0.145. The van der Waals surface area contributed by atoms with Gasteiger partial charge >= 0.3 is 5.97 Å². The number of benzene rings is 1. The Kier molecular flexibility index (Phi) is 5.35. The van der Waals surface area contributed by atoms with E-state index in [4.69, 9.17) is 5.11 Å². The van der Waals surface area contributed by atoms with Gasteiger partial charge in [-0.1, -0.05) is 18.2 Å². The van der Waals surface area contributed by atoms with Gasteiger partial charge in [0.15, 0.2) is 0 Å². The summed E-state index contributed by atoms with van der Waals surface area (Å²) in [6, 6.07) is 5.25. The number of hydrogen-bond acceptors (Lipinski definition) is 3. The van der Waals surface area contributed by atoms with E-state index in [1.54, 1.807) is 20.8 Å². The fraction of sp³-hybridized carbons (Fsp3) is 0.500. The molecule has 4 nitrogen and oxygen atoms in total. The molecule has 0 spiro atoms. The Balaban J connectivity index is 3.31. The molecule has 21 heavy (non-hydrogen) atoms. The van der Waals surface area contributed by atoms with E-state index in [0.717, 1.165) is 6.07 Å². The molecule has 1 aromatic carbocycles. The minimum atomic E-state index is -2.46. The molecule has 3 atom stereocenters. The van der Waals surface area contributed by atoms with Gasteiger partial charge in [0.25, 0.3) is 0 Å². The number of hydrogen-bond donors (Lipinski definition) is 2. The molecule has 1 unspecified atom stereocenters. The third-order valence-electron chi connectivity index (χ3n) is 3.02. The van der Waals surface area contributed by atoms with Crippen LogP contribution in [0.1, 0.15) is 33.3 Å². The molecule has 1 aromatic rings. The second-order valence-corrected chi connectivity index (χ2v) is 7.83. The lowest BCUT2D eigenvalue weighted by atomic mass is 9.88. The molecule has 0 aliphatic heterocycles. The molecule has 0 bridgehead atoms. The third kappa shape index (κ3) is 3.93. The standard InChI is InChI=1S/C14H19F2NO3S/c1-13(2,3)21(20)17-14(4,11(16)12(18)19)9-7-5-6-8-10(9)15/h5-8,11,17H,1-4H3,(H,18,19)/t11-,14+,21?/m0/s1. The van der Waals surface area contributed by atoms with Gasteiger partial charge in [-0.05, 0) is 33.8 Å². The summed E-state index contributed by atoms with van der Waals surface area (Å²) in [5.74, 6) is -2.51. The fourth-order valence-corrected chi connectivity index (χ4v) is 2.62. The number of rotatable bonds is 5. The van der Waals surface area contributed by atoms with Crippen LogP contribution in [0.5, 0.6) is 0 Å². The highest BCUT2D eigenvalue weighted by Crippen LogP contribution is 2.32. The van der Waals surface area contributed by atoms with Gasteiger partial charge in [0.2, 0.25) is 6.17 Å². The Hall–Kier alpha value is -1.18. The van der Waals surface area contributed by atoms with Crippen LogP contribution in [-0.4, -0.2) is 26.5 Å². The van der Waals surface area contributed by atoms with Crippen molar-refractivity contribution in [3.05, 3.63) is 35.6 Å².